The highest BCUT2D eigenvalue weighted by atomic mass is 16.7. The van der Waals surface area contributed by atoms with Gasteiger partial charge in [0.25, 0.3) is 0 Å². The normalized spacial score (nSPS) is 15.1. The molecule has 1 rings (SSSR count). The van der Waals surface area contributed by atoms with Gasteiger partial charge in [0.05, 0.1) is 0 Å². The first-order valence-electron chi connectivity index (χ1n) is 6.06. The van der Waals surface area contributed by atoms with Gasteiger partial charge < -0.3 is 9.84 Å². The van der Waals surface area contributed by atoms with Crippen molar-refractivity contribution in [1.29, 1.82) is 0 Å². The van der Waals surface area contributed by atoms with E-state index in [1.165, 1.54) is 0 Å². The van der Waals surface area contributed by atoms with Crippen molar-refractivity contribution in [2.24, 2.45) is 0 Å². The number of allylic oxidation sites excluding steroid dienone is 5. The van der Waals surface area contributed by atoms with Crippen molar-refractivity contribution < 1.29 is 19.4 Å². The molecular formula is C14H18O4. The van der Waals surface area contributed by atoms with E-state index in [-0.39, 0.29) is 5.78 Å². The van der Waals surface area contributed by atoms with Gasteiger partial charge in [0.1, 0.15) is 5.76 Å². The quantitative estimate of drug-likeness (QED) is 0.757. The third-order valence-corrected chi connectivity index (χ3v) is 2.75. The number of hydrogen-bond donors (Lipinski definition) is 1. The zero-order valence-electron chi connectivity index (χ0n) is 10.7. The summed E-state index contributed by atoms with van der Waals surface area (Å²) in [6.45, 7) is 3.80. The molecule has 98 valence electrons. The smallest absolute Gasteiger partial charge is 0.449 e. The van der Waals surface area contributed by atoms with Crippen molar-refractivity contribution in [3.63, 3.8) is 0 Å². The average Bonchev–Trinajstić information content (AvgIpc) is 2.49. The van der Waals surface area contributed by atoms with Gasteiger partial charge in [0.2, 0.25) is 0 Å². The maximum absolute atomic E-state index is 11.9. The summed E-state index contributed by atoms with van der Waals surface area (Å²) in [5.74, 6) is 0.467. The fourth-order valence-corrected chi connectivity index (χ4v) is 1.66. The lowest BCUT2D eigenvalue weighted by molar-refractivity contribution is -0.115. The van der Waals surface area contributed by atoms with Gasteiger partial charge in [-0.2, -0.15) is 0 Å². The van der Waals surface area contributed by atoms with Crippen LogP contribution in [0.3, 0.4) is 0 Å². The second kappa shape index (κ2) is 6.79. The lowest BCUT2D eigenvalue weighted by Crippen LogP contribution is -2.02. The standard InChI is InChI=1S/C14H18O4/c1-3-4-5-12(15)11-7-6-10(2)13(9-8-11)18-14(16)17/h6-8H,3-5,9H2,1-2H3,(H,16,17). The van der Waals surface area contributed by atoms with Gasteiger partial charge in [-0.25, -0.2) is 4.79 Å². The molecule has 0 amide bonds. The minimum atomic E-state index is -1.33. The number of carbonyl (C=O) groups is 2. The van der Waals surface area contributed by atoms with Gasteiger partial charge in [0, 0.05) is 18.4 Å². The molecule has 0 heterocycles. The van der Waals surface area contributed by atoms with E-state index in [4.69, 9.17) is 5.11 Å². The summed E-state index contributed by atoms with van der Waals surface area (Å²) in [5, 5.41) is 8.60. The molecule has 1 N–H and O–H groups in total. The van der Waals surface area contributed by atoms with Crippen LogP contribution in [0.5, 0.6) is 0 Å². The summed E-state index contributed by atoms with van der Waals surface area (Å²) in [4.78, 5) is 22.4. The monoisotopic (exact) mass is 250 g/mol. The minimum Gasteiger partial charge on any atom is -0.449 e. The van der Waals surface area contributed by atoms with Crippen LogP contribution < -0.4 is 0 Å². The molecule has 0 radical (unpaired) electrons. The number of rotatable bonds is 5. The molecule has 0 aliphatic heterocycles. The Morgan fingerprint density at radius 2 is 2.11 bits per heavy atom. The molecule has 0 aromatic heterocycles. The van der Waals surface area contributed by atoms with Crippen molar-refractivity contribution in [3.8, 4) is 0 Å². The SMILES string of the molecule is CCCCC(=O)C1=CCC(OC(=O)O)=C(C)C=C1. The second-order valence-corrected chi connectivity index (χ2v) is 4.20. The van der Waals surface area contributed by atoms with Crippen LogP contribution in [0.25, 0.3) is 0 Å². The first kappa shape index (κ1) is 14.2. The molecule has 0 spiro atoms. The van der Waals surface area contributed by atoms with E-state index in [2.05, 4.69) is 4.74 Å². The highest BCUT2D eigenvalue weighted by Gasteiger charge is 2.13. The summed E-state index contributed by atoms with van der Waals surface area (Å²) >= 11 is 0. The van der Waals surface area contributed by atoms with Crippen LogP contribution in [0.1, 0.15) is 39.5 Å². The molecule has 4 heteroatoms. The van der Waals surface area contributed by atoms with Gasteiger partial charge >= 0.3 is 6.16 Å². The lowest BCUT2D eigenvalue weighted by atomic mass is 10.0. The van der Waals surface area contributed by atoms with Gasteiger partial charge in [0.15, 0.2) is 5.78 Å². The van der Waals surface area contributed by atoms with E-state index in [1.807, 2.05) is 6.92 Å². The van der Waals surface area contributed by atoms with E-state index >= 15 is 0 Å². The van der Waals surface area contributed by atoms with Crippen LogP contribution in [-0.2, 0) is 9.53 Å². The highest BCUT2D eigenvalue weighted by molar-refractivity contribution is 5.98. The zero-order chi connectivity index (χ0) is 13.5. The third-order valence-electron chi connectivity index (χ3n) is 2.75. The Labute approximate surface area is 107 Å². The van der Waals surface area contributed by atoms with Crippen LogP contribution in [0.15, 0.2) is 35.1 Å². The molecule has 4 nitrogen and oxygen atoms in total. The lowest BCUT2D eigenvalue weighted by Gasteiger charge is -2.04. The summed E-state index contributed by atoms with van der Waals surface area (Å²) in [7, 11) is 0. The molecule has 0 saturated heterocycles. The van der Waals surface area contributed by atoms with Crippen molar-refractivity contribution >= 4 is 11.9 Å². The molecule has 0 aromatic carbocycles. The predicted octanol–water partition coefficient (Wildman–Crippen LogP) is 3.60. The van der Waals surface area contributed by atoms with Crippen molar-refractivity contribution in [2.75, 3.05) is 0 Å². The van der Waals surface area contributed by atoms with Crippen LogP contribution >= 0.6 is 0 Å². The van der Waals surface area contributed by atoms with E-state index in [1.54, 1.807) is 25.2 Å². The van der Waals surface area contributed by atoms with E-state index in [0.29, 0.717) is 24.2 Å². The summed E-state index contributed by atoms with van der Waals surface area (Å²) in [6, 6.07) is 0. The number of hydrogen-bond acceptors (Lipinski definition) is 3. The maximum Gasteiger partial charge on any atom is 0.511 e. The molecule has 0 unspecified atom stereocenters. The Bertz CT molecular complexity index is 427. The summed E-state index contributed by atoms with van der Waals surface area (Å²) in [6.07, 6.45) is 6.56. The Morgan fingerprint density at radius 3 is 2.72 bits per heavy atom. The zero-order valence-corrected chi connectivity index (χ0v) is 10.7. The summed E-state index contributed by atoms with van der Waals surface area (Å²) in [5.41, 5.74) is 1.36. The minimum absolute atomic E-state index is 0.0949. The summed E-state index contributed by atoms with van der Waals surface area (Å²) < 4.78 is 4.68. The second-order valence-electron chi connectivity index (χ2n) is 4.20. The Hall–Kier alpha value is -1.84. The van der Waals surface area contributed by atoms with Crippen molar-refractivity contribution in [3.05, 3.63) is 35.1 Å². The first-order valence-corrected chi connectivity index (χ1v) is 6.06. The van der Waals surface area contributed by atoms with Gasteiger partial charge in [-0.3, -0.25) is 4.79 Å². The molecule has 0 atom stereocenters. The average molecular weight is 250 g/mol. The largest absolute Gasteiger partial charge is 0.511 e. The van der Waals surface area contributed by atoms with Crippen LogP contribution in [0, 0.1) is 0 Å². The topological polar surface area (TPSA) is 63.6 Å². The molecule has 1 aliphatic rings. The number of carbonyl (C=O) groups excluding carboxylic acids is 1. The number of ether oxygens (including phenoxy) is 1. The number of ketones is 1. The number of Topliss-reactive ketones (excluding diaryl/α,β-unsaturated/α-hetero) is 1. The molecule has 0 aromatic rings. The number of unbranched alkanes of at least 4 members (excludes halogenated alkanes) is 1. The first-order chi connectivity index (χ1) is 8.54. The van der Waals surface area contributed by atoms with E-state index < -0.39 is 6.16 Å². The maximum atomic E-state index is 11.9. The molecule has 1 aliphatic carbocycles. The Balaban J connectivity index is 2.74. The third kappa shape index (κ3) is 4.20. The van der Waals surface area contributed by atoms with Gasteiger partial charge in [-0.1, -0.05) is 31.6 Å². The van der Waals surface area contributed by atoms with Crippen LogP contribution in [0.2, 0.25) is 0 Å². The molecule has 18 heavy (non-hydrogen) atoms. The Morgan fingerprint density at radius 1 is 1.39 bits per heavy atom. The van der Waals surface area contributed by atoms with Gasteiger partial charge in [-0.15, -0.1) is 0 Å². The predicted molar refractivity (Wildman–Crippen MR) is 68.2 cm³/mol. The molecule has 0 bridgehead atoms. The Kier molecular flexibility index (Phi) is 5.36. The van der Waals surface area contributed by atoms with Crippen LogP contribution in [-0.4, -0.2) is 17.0 Å². The molecular weight excluding hydrogens is 232 g/mol. The van der Waals surface area contributed by atoms with Crippen molar-refractivity contribution in [2.45, 2.75) is 39.5 Å². The van der Waals surface area contributed by atoms with E-state index in [0.717, 1.165) is 18.4 Å². The number of carboxylic acid groups (broad SMARTS) is 1. The van der Waals surface area contributed by atoms with Gasteiger partial charge in [-0.05, 0) is 18.9 Å². The molecule has 0 saturated carbocycles. The fraction of sp³-hybridized carbons (Fsp3) is 0.429. The highest BCUT2D eigenvalue weighted by Crippen LogP contribution is 2.20. The fourth-order valence-electron chi connectivity index (χ4n) is 1.66. The molecule has 0 fully saturated rings. The van der Waals surface area contributed by atoms with E-state index in [9.17, 15) is 9.59 Å². The van der Waals surface area contributed by atoms with Crippen LogP contribution in [0.4, 0.5) is 4.79 Å². The van der Waals surface area contributed by atoms with Crippen molar-refractivity contribution in [1.82, 2.24) is 0 Å².